The van der Waals surface area contributed by atoms with Crippen molar-refractivity contribution in [2.75, 3.05) is 12.8 Å². The van der Waals surface area contributed by atoms with Gasteiger partial charge in [0.15, 0.2) is 11.6 Å². The van der Waals surface area contributed by atoms with E-state index in [2.05, 4.69) is 15.1 Å². The minimum atomic E-state index is 0.317. The molecule has 0 unspecified atom stereocenters. The van der Waals surface area contributed by atoms with Gasteiger partial charge >= 0.3 is 0 Å². The summed E-state index contributed by atoms with van der Waals surface area (Å²) in [5, 5.41) is 5.39. The third-order valence-corrected chi connectivity index (χ3v) is 2.75. The van der Waals surface area contributed by atoms with Gasteiger partial charge in [-0.15, -0.1) is 0 Å². The van der Waals surface area contributed by atoms with E-state index < -0.39 is 0 Å². The second-order valence-corrected chi connectivity index (χ2v) is 4.12. The van der Waals surface area contributed by atoms with Crippen LogP contribution < -0.4 is 5.73 Å². The molecule has 0 atom stereocenters. The van der Waals surface area contributed by atoms with Gasteiger partial charge in [-0.25, -0.2) is 14.6 Å². The van der Waals surface area contributed by atoms with Crippen molar-refractivity contribution >= 4 is 16.7 Å². The number of para-hydroxylation sites is 1. The molecule has 0 aliphatic heterocycles. The van der Waals surface area contributed by atoms with Gasteiger partial charge in [-0.2, -0.15) is 5.10 Å². The molecule has 2 N–H and O–H groups in total. The number of rotatable bonds is 3. The molecule has 0 spiro atoms. The van der Waals surface area contributed by atoms with Crippen molar-refractivity contribution in [1.82, 2.24) is 19.7 Å². The highest BCUT2D eigenvalue weighted by molar-refractivity contribution is 5.79. The summed E-state index contributed by atoms with van der Waals surface area (Å²) in [7, 11) is 1.59. The van der Waals surface area contributed by atoms with Gasteiger partial charge < -0.3 is 10.5 Å². The lowest BCUT2D eigenvalue weighted by molar-refractivity contribution is 0.178. The van der Waals surface area contributed by atoms with Gasteiger partial charge in [-0.3, -0.25) is 0 Å². The number of benzene rings is 1. The van der Waals surface area contributed by atoms with Gasteiger partial charge in [0.05, 0.1) is 11.7 Å². The lowest BCUT2D eigenvalue weighted by atomic mass is 10.2. The Kier molecular flexibility index (Phi) is 2.85. The molecule has 0 aliphatic rings. The quantitative estimate of drug-likeness (QED) is 0.768. The molecule has 0 bridgehead atoms. The number of hydrogen-bond acceptors (Lipinski definition) is 5. The highest BCUT2D eigenvalue weighted by atomic mass is 16.5. The van der Waals surface area contributed by atoms with Crippen LogP contribution in [0.2, 0.25) is 0 Å². The number of aromatic nitrogens is 4. The third-order valence-electron chi connectivity index (χ3n) is 2.75. The fourth-order valence-corrected chi connectivity index (χ4v) is 1.96. The summed E-state index contributed by atoms with van der Waals surface area (Å²) in [4.78, 5) is 8.51. The molecular weight excluding hydrogens is 242 g/mol. The van der Waals surface area contributed by atoms with E-state index in [4.69, 9.17) is 10.5 Å². The lowest BCUT2D eigenvalue weighted by Crippen LogP contribution is -2.07. The molecule has 6 nitrogen and oxygen atoms in total. The lowest BCUT2D eigenvalue weighted by Gasteiger charge is -2.06. The first-order valence-corrected chi connectivity index (χ1v) is 5.83. The Morgan fingerprint density at radius 3 is 2.95 bits per heavy atom. The zero-order chi connectivity index (χ0) is 13.2. The summed E-state index contributed by atoms with van der Waals surface area (Å²) in [6.07, 6.45) is 1.80. The summed E-state index contributed by atoms with van der Waals surface area (Å²) in [6, 6.07) is 9.61. The van der Waals surface area contributed by atoms with Gasteiger partial charge in [0.2, 0.25) is 0 Å². The molecule has 3 rings (SSSR count). The first-order chi connectivity index (χ1) is 9.28. The Morgan fingerprint density at radius 2 is 2.11 bits per heavy atom. The van der Waals surface area contributed by atoms with E-state index in [0.717, 1.165) is 10.9 Å². The molecule has 0 saturated heterocycles. The SMILES string of the molecule is COCc1nc(N)cc(-n2ncc3ccccc32)n1. The molecule has 2 aromatic heterocycles. The number of anilines is 1. The maximum atomic E-state index is 5.79. The second kappa shape index (κ2) is 4.66. The first kappa shape index (κ1) is 11.6. The Hall–Kier alpha value is -2.47. The number of fused-ring (bicyclic) bond motifs is 1. The van der Waals surface area contributed by atoms with Crippen molar-refractivity contribution in [3.05, 3.63) is 42.4 Å². The first-order valence-electron chi connectivity index (χ1n) is 5.83. The molecule has 1 aromatic carbocycles. The van der Waals surface area contributed by atoms with Crippen molar-refractivity contribution in [2.45, 2.75) is 6.61 Å². The predicted octanol–water partition coefficient (Wildman–Crippen LogP) is 1.54. The van der Waals surface area contributed by atoms with Crippen LogP contribution in [0, 0.1) is 0 Å². The van der Waals surface area contributed by atoms with Crippen molar-refractivity contribution < 1.29 is 4.74 Å². The molecule has 0 saturated carbocycles. The number of nitrogens with two attached hydrogens (primary N) is 1. The van der Waals surface area contributed by atoms with E-state index in [9.17, 15) is 0 Å². The number of nitrogens with zero attached hydrogens (tertiary/aromatic N) is 4. The van der Waals surface area contributed by atoms with Crippen LogP contribution in [-0.2, 0) is 11.3 Å². The average molecular weight is 255 g/mol. The Labute approximate surface area is 109 Å². The van der Waals surface area contributed by atoms with Crippen LogP contribution in [0.1, 0.15) is 5.82 Å². The minimum absolute atomic E-state index is 0.317. The van der Waals surface area contributed by atoms with E-state index in [-0.39, 0.29) is 0 Å². The Bertz CT molecular complexity index is 722. The van der Waals surface area contributed by atoms with Gasteiger partial charge in [0.1, 0.15) is 12.4 Å². The number of hydrogen-bond donors (Lipinski definition) is 1. The summed E-state index contributed by atoms with van der Waals surface area (Å²) in [5.41, 5.74) is 6.77. The third kappa shape index (κ3) is 2.13. The fraction of sp³-hybridized carbons (Fsp3) is 0.154. The number of methoxy groups -OCH3 is 1. The monoisotopic (exact) mass is 255 g/mol. The van der Waals surface area contributed by atoms with Crippen LogP contribution in [0.3, 0.4) is 0 Å². The summed E-state index contributed by atoms with van der Waals surface area (Å²) >= 11 is 0. The van der Waals surface area contributed by atoms with Crippen molar-refractivity contribution in [2.24, 2.45) is 0 Å². The van der Waals surface area contributed by atoms with Crippen molar-refractivity contribution in [1.29, 1.82) is 0 Å². The molecule has 2 heterocycles. The fourth-order valence-electron chi connectivity index (χ4n) is 1.96. The number of nitrogen functional groups attached to an aromatic ring is 1. The van der Waals surface area contributed by atoms with Gasteiger partial charge in [0.25, 0.3) is 0 Å². The van der Waals surface area contributed by atoms with Crippen molar-refractivity contribution in [3.63, 3.8) is 0 Å². The molecule has 96 valence electrons. The zero-order valence-corrected chi connectivity index (χ0v) is 10.4. The van der Waals surface area contributed by atoms with Gasteiger partial charge in [-0.1, -0.05) is 18.2 Å². The molecule has 19 heavy (non-hydrogen) atoms. The van der Waals surface area contributed by atoms with E-state index in [1.165, 1.54) is 0 Å². The summed E-state index contributed by atoms with van der Waals surface area (Å²) in [5.74, 6) is 1.58. The maximum Gasteiger partial charge on any atom is 0.159 e. The normalized spacial score (nSPS) is 11.0. The van der Waals surface area contributed by atoms with Gasteiger partial charge in [0, 0.05) is 18.6 Å². The summed E-state index contributed by atoms with van der Waals surface area (Å²) in [6.45, 7) is 0.317. The van der Waals surface area contributed by atoms with E-state index in [1.54, 1.807) is 24.1 Å². The molecule has 0 radical (unpaired) electrons. The minimum Gasteiger partial charge on any atom is -0.384 e. The highest BCUT2D eigenvalue weighted by Crippen LogP contribution is 2.17. The molecule has 0 fully saturated rings. The molecule has 0 aliphatic carbocycles. The molecule has 3 aromatic rings. The smallest absolute Gasteiger partial charge is 0.159 e. The van der Waals surface area contributed by atoms with Crippen LogP contribution in [0.5, 0.6) is 0 Å². The standard InChI is InChI=1S/C13H13N5O/c1-19-8-12-16-11(14)6-13(17-12)18-10-5-3-2-4-9(10)7-15-18/h2-7H,8H2,1H3,(H2,14,16,17). The average Bonchev–Trinajstić information content (AvgIpc) is 2.82. The van der Waals surface area contributed by atoms with Crippen LogP contribution in [-0.4, -0.2) is 26.9 Å². The number of ether oxygens (including phenoxy) is 1. The van der Waals surface area contributed by atoms with Crippen LogP contribution in [0.25, 0.3) is 16.7 Å². The maximum absolute atomic E-state index is 5.79. The van der Waals surface area contributed by atoms with Crippen molar-refractivity contribution in [3.8, 4) is 5.82 Å². The second-order valence-electron chi connectivity index (χ2n) is 4.12. The topological polar surface area (TPSA) is 78.9 Å². The Balaban J connectivity index is 2.15. The van der Waals surface area contributed by atoms with E-state index in [0.29, 0.717) is 24.1 Å². The highest BCUT2D eigenvalue weighted by Gasteiger charge is 2.08. The summed E-state index contributed by atoms with van der Waals surface area (Å²) < 4.78 is 6.78. The molecule has 6 heteroatoms. The molecule has 0 amide bonds. The molecular formula is C13H13N5O. The van der Waals surface area contributed by atoms with Crippen LogP contribution in [0.15, 0.2) is 36.5 Å². The largest absolute Gasteiger partial charge is 0.384 e. The zero-order valence-electron chi connectivity index (χ0n) is 10.4. The van der Waals surface area contributed by atoms with Gasteiger partial charge in [-0.05, 0) is 6.07 Å². The Morgan fingerprint density at radius 1 is 1.26 bits per heavy atom. The van der Waals surface area contributed by atoms with Crippen LogP contribution in [0.4, 0.5) is 5.82 Å². The predicted molar refractivity (Wildman–Crippen MR) is 71.8 cm³/mol. The van der Waals surface area contributed by atoms with Crippen LogP contribution >= 0.6 is 0 Å². The van der Waals surface area contributed by atoms with E-state index in [1.807, 2.05) is 24.3 Å². The van der Waals surface area contributed by atoms with E-state index >= 15 is 0 Å².